The summed E-state index contributed by atoms with van der Waals surface area (Å²) >= 11 is 7.13. The summed E-state index contributed by atoms with van der Waals surface area (Å²) < 4.78 is 47.4. The lowest BCUT2D eigenvalue weighted by molar-refractivity contribution is -0.142. The molecule has 1 aromatic heterocycles. The molecule has 35 heavy (non-hydrogen) atoms. The summed E-state index contributed by atoms with van der Waals surface area (Å²) in [5.41, 5.74) is -0.947. The fourth-order valence-corrected chi connectivity index (χ4v) is 5.15. The number of carboxylic acids is 1. The molecule has 1 saturated heterocycles. The first-order valence-corrected chi connectivity index (χ1v) is 11.5. The molecule has 2 aliphatic rings. The number of carbonyl (C=O) groups excluding carboxylic acids is 1. The lowest BCUT2D eigenvalue weighted by Crippen LogP contribution is -2.46. The molecule has 0 bridgehead atoms. The van der Waals surface area contributed by atoms with E-state index in [9.17, 15) is 27.9 Å². The number of aliphatic imine (C=N–C) groups is 1. The summed E-state index contributed by atoms with van der Waals surface area (Å²) in [6, 6.07) is 3.83. The number of carboxylic acid groups (broad SMARTS) is 1. The molecular weight excluding hydrogens is 509 g/mol. The standard InChI is InChI=1S/C22H20ClF3N4O4S/c1-21(11-3-5-12(24)6-4-11)16(20(33)34-2)13(28-17(29-21)18-27-8-15(23)35-18)9-30-10-22(25,26)7-14(30)19(31)32/h3-6,8,14H,7,9-10H2,1-2H3,(H,28,29)(H,31,32). The molecule has 2 aromatic rings. The van der Waals surface area contributed by atoms with Gasteiger partial charge in [0.1, 0.15) is 21.7 Å². The van der Waals surface area contributed by atoms with Crippen molar-refractivity contribution < 1.29 is 32.6 Å². The smallest absolute Gasteiger partial charge is 0.338 e. The van der Waals surface area contributed by atoms with Crippen LogP contribution in [-0.2, 0) is 19.9 Å². The number of ether oxygens (including phenoxy) is 1. The SMILES string of the molecule is COC(=O)C1=C(CN2CC(F)(F)CC2C(=O)O)NC(c2ncc(Cl)s2)=NC1(C)c1ccc(F)cc1. The largest absolute Gasteiger partial charge is 0.480 e. The van der Waals surface area contributed by atoms with E-state index in [4.69, 9.17) is 16.3 Å². The zero-order valence-corrected chi connectivity index (χ0v) is 20.1. The number of alkyl halides is 2. The highest BCUT2D eigenvalue weighted by Gasteiger charge is 2.50. The van der Waals surface area contributed by atoms with Crippen molar-refractivity contribution in [1.82, 2.24) is 15.2 Å². The van der Waals surface area contributed by atoms with Crippen molar-refractivity contribution in [3.8, 4) is 0 Å². The number of likely N-dealkylation sites (tertiary alicyclic amines) is 1. The van der Waals surface area contributed by atoms with Crippen LogP contribution in [0, 0.1) is 5.82 Å². The first-order chi connectivity index (χ1) is 16.4. The molecule has 0 spiro atoms. The number of halogens is 4. The van der Waals surface area contributed by atoms with E-state index < -0.39 is 48.2 Å². The van der Waals surface area contributed by atoms with Gasteiger partial charge >= 0.3 is 11.9 Å². The second kappa shape index (κ2) is 9.25. The number of aromatic nitrogens is 1. The highest BCUT2D eigenvalue weighted by Crippen LogP contribution is 2.40. The van der Waals surface area contributed by atoms with Crippen LogP contribution in [0.3, 0.4) is 0 Å². The summed E-state index contributed by atoms with van der Waals surface area (Å²) in [6.07, 6.45) is 0.545. The monoisotopic (exact) mass is 528 g/mol. The second-order valence-corrected chi connectivity index (χ2v) is 9.96. The lowest BCUT2D eigenvalue weighted by atomic mass is 9.82. The maximum atomic E-state index is 14.2. The summed E-state index contributed by atoms with van der Waals surface area (Å²) in [5, 5.41) is 12.8. The van der Waals surface area contributed by atoms with Crippen molar-refractivity contribution in [3.63, 3.8) is 0 Å². The van der Waals surface area contributed by atoms with Crippen molar-refractivity contribution in [2.75, 3.05) is 20.2 Å². The van der Waals surface area contributed by atoms with Gasteiger partial charge in [0.05, 0.1) is 25.4 Å². The number of thiazole rings is 1. The molecule has 13 heteroatoms. The fourth-order valence-electron chi connectivity index (χ4n) is 4.29. The van der Waals surface area contributed by atoms with Gasteiger partial charge in [-0.1, -0.05) is 35.1 Å². The Morgan fingerprint density at radius 2 is 2.03 bits per heavy atom. The zero-order valence-electron chi connectivity index (χ0n) is 18.5. The number of esters is 1. The zero-order chi connectivity index (χ0) is 25.5. The number of aliphatic carboxylic acids is 1. The van der Waals surface area contributed by atoms with E-state index in [0.29, 0.717) is 14.9 Å². The first-order valence-electron chi connectivity index (χ1n) is 10.3. The summed E-state index contributed by atoms with van der Waals surface area (Å²) in [7, 11) is 1.15. The Hall–Kier alpha value is -2.96. The minimum atomic E-state index is -3.22. The molecule has 186 valence electrons. The van der Waals surface area contributed by atoms with Crippen molar-refractivity contribution in [2.45, 2.75) is 30.8 Å². The molecule has 0 saturated carbocycles. The number of nitrogens with zero attached hydrogens (tertiary/aromatic N) is 3. The number of amidine groups is 1. The average Bonchev–Trinajstić information content (AvgIpc) is 3.35. The average molecular weight is 529 g/mol. The third-order valence-corrected chi connectivity index (χ3v) is 7.00. The normalized spacial score (nSPS) is 24.2. The number of carbonyl (C=O) groups is 2. The predicted octanol–water partition coefficient (Wildman–Crippen LogP) is 3.42. The van der Waals surface area contributed by atoms with Gasteiger partial charge in [-0.2, -0.15) is 0 Å². The van der Waals surface area contributed by atoms with Gasteiger partial charge in [-0.05, 0) is 24.6 Å². The second-order valence-electron chi connectivity index (χ2n) is 8.30. The lowest BCUT2D eigenvalue weighted by Gasteiger charge is -2.36. The van der Waals surface area contributed by atoms with E-state index in [1.807, 2.05) is 0 Å². The molecule has 3 heterocycles. The number of methoxy groups -OCH3 is 1. The molecule has 0 amide bonds. The molecule has 1 aromatic carbocycles. The molecule has 1 fully saturated rings. The van der Waals surface area contributed by atoms with Gasteiger partial charge in [0.2, 0.25) is 0 Å². The third-order valence-electron chi connectivity index (χ3n) is 5.88. The Labute approximate surface area is 207 Å². The predicted molar refractivity (Wildman–Crippen MR) is 122 cm³/mol. The van der Waals surface area contributed by atoms with E-state index in [1.54, 1.807) is 6.92 Å². The van der Waals surface area contributed by atoms with Crippen LogP contribution in [0.2, 0.25) is 4.34 Å². The Kier molecular flexibility index (Phi) is 6.64. The van der Waals surface area contributed by atoms with Crippen molar-refractivity contribution in [2.24, 2.45) is 4.99 Å². The summed E-state index contributed by atoms with van der Waals surface area (Å²) in [6.45, 7) is 0.439. The molecular formula is C22H20ClF3N4O4S. The Bertz CT molecular complexity index is 1230. The van der Waals surface area contributed by atoms with Crippen molar-refractivity contribution in [1.29, 1.82) is 0 Å². The van der Waals surface area contributed by atoms with Crippen LogP contribution < -0.4 is 5.32 Å². The van der Waals surface area contributed by atoms with Crippen LogP contribution in [0.4, 0.5) is 13.2 Å². The van der Waals surface area contributed by atoms with E-state index in [-0.39, 0.29) is 23.7 Å². The van der Waals surface area contributed by atoms with Gasteiger partial charge in [0.15, 0.2) is 10.8 Å². The van der Waals surface area contributed by atoms with Crippen LogP contribution in [0.25, 0.3) is 0 Å². The molecule has 8 nitrogen and oxygen atoms in total. The highest BCUT2D eigenvalue weighted by atomic mass is 35.5. The quantitative estimate of drug-likeness (QED) is 0.554. The molecule has 2 aliphatic heterocycles. The number of rotatable bonds is 6. The molecule has 0 radical (unpaired) electrons. The Balaban J connectivity index is 1.87. The summed E-state index contributed by atoms with van der Waals surface area (Å²) in [4.78, 5) is 34.7. The first kappa shape index (κ1) is 25.1. The number of hydrogen-bond donors (Lipinski definition) is 2. The van der Waals surface area contributed by atoms with Gasteiger partial charge in [-0.15, -0.1) is 0 Å². The van der Waals surface area contributed by atoms with Crippen LogP contribution >= 0.6 is 22.9 Å². The van der Waals surface area contributed by atoms with Gasteiger partial charge in [0, 0.05) is 18.7 Å². The molecule has 2 atom stereocenters. The highest BCUT2D eigenvalue weighted by molar-refractivity contribution is 7.17. The van der Waals surface area contributed by atoms with E-state index in [2.05, 4.69) is 15.3 Å². The molecule has 2 N–H and O–H groups in total. The molecule has 4 rings (SSSR count). The maximum absolute atomic E-state index is 14.2. The third kappa shape index (κ3) is 4.91. The molecule has 2 unspecified atom stereocenters. The van der Waals surface area contributed by atoms with E-state index in [0.717, 1.165) is 23.3 Å². The minimum Gasteiger partial charge on any atom is -0.480 e. The van der Waals surface area contributed by atoms with Gasteiger partial charge in [0.25, 0.3) is 5.92 Å². The van der Waals surface area contributed by atoms with Gasteiger partial charge in [-0.25, -0.2) is 27.9 Å². The van der Waals surface area contributed by atoms with Crippen LogP contribution in [0.1, 0.15) is 23.9 Å². The molecule has 0 aliphatic carbocycles. The van der Waals surface area contributed by atoms with Crippen LogP contribution in [0.5, 0.6) is 0 Å². The number of nitrogens with one attached hydrogen (secondary N) is 1. The number of benzene rings is 1. The van der Waals surface area contributed by atoms with Crippen LogP contribution in [-0.4, -0.2) is 64.9 Å². The minimum absolute atomic E-state index is 0.0302. The van der Waals surface area contributed by atoms with Crippen LogP contribution in [0.15, 0.2) is 46.7 Å². The fraction of sp³-hybridized carbons (Fsp3) is 0.364. The van der Waals surface area contributed by atoms with E-state index >= 15 is 0 Å². The Morgan fingerprint density at radius 1 is 1.34 bits per heavy atom. The van der Waals surface area contributed by atoms with E-state index in [1.165, 1.54) is 30.5 Å². The Morgan fingerprint density at radius 3 is 2.60 bits per heavy atom. The van der Waals surface area contributed by atoms with Gasteiger partial charge < -0.3 is 15.2 Å². The number of hydrogen-bond acceptors (Lipinski definition) is 8. The topological polar surface area (TPSA) is 104 Å². The van der Waals surface area contributed by atoms with Crippen molar-refractivity contribution >= 4 is 40.7 Å². The van der Waals surface area contributed by atoms with Crippen molar-refractivity contribution in [3.05, 3.63) is 62.5 Å². The maximum Gasteiger partial charge on any atom is 0.338 e. The summed E-state index contributed by atoms with van der Waals surface area (Å²) in [5.74, 6) is -5.75. The van der Waals surface area contributed by atoms with Gasteiger partial charge in [-0.3, -0.25) is 9.69 Å².